The summed E-state index contributed by atoms with van der Waals surface area (Å²) < 4.78 is 25.0. The second-order valence-electron chi connectivity index (χ2n) is 12.7. The van der Waals surface area contributed by atoms with Crippen LogP contribution in [0.3, 0.4) is 0 Å². The molecule has 10 heteroatoms. The van der Waals surface area contributed by atoms with Crippen molar-refractivity contribution in [3.8, 4) is 0 Å². The van der Waals surface area contributed by atoms with E-state index in [0.29, 0.717) is 29.5 Å². The largest absolute Gasteiger partial charge is 0.462 e. The van der Waals surface area contributed by atoms with E-state index in [1.807, 2.05) is 73.7 Å². The third-order valence-corrected chi connectivity index (χ3v) is 11.5. The van der Waals surface area contributed by atoms with Crippen LogP contribution < -0.4 is 10.9 Å². The number of hydrogen-bond donors (Lipinski definition) is 0. The number of benzene rings is 4. The molecule has 260 valence electrons. The Balaban J connectivity index is 0.000000182. The zero-order valence-electron chi connectivity index (χ0n) is 29.2. The summed E-state index contributed by atoms with van der Waals surface area (Å²) in [5.41, 5.74) is 3.03. The van der Waals surface area contributed by atoms with Crippen molar-refractivity contribution < 1.29 is 23.7 Å². The molecule has 3 heterocycles. The number of ether oxygens (including phenoxy) is 4. The number of fused-ring (bicyclic) bond motifs is 4. The smallest absolute Gasteiger partial charge is 0.338 e. The summed E-state index contributed by atoms with van der Waals surface area (Å²) >= 11 is 3.16. The van der Waals surface area contributed by atoms with Gasteiger partial charge in [-0.25, -0.2) is 4.79 Å². The Labute approximate surface area is 298 Å². The van der Waals surface area contributed by atoms with Crippen molar-refractivity contribution in [1.82, 2.24) is 4.90 Å². The van der Waals surface area contributed by atoms with Crippen LogP contribution in [0, 0.1) is 6.92 Å². The summed E-state index contributed by atoms with van der Waals surface area (Å²) in [6, 6.07) is 23.1. The summed E-state index contributed by atoms with van der Waals surface area (Å²) in [5.74, 6) is -0.447. The molecule has 0 N–H and O–H groups in total. The van der Waals surface area contributed by atoms with Gasteiger partial charge in [0, 0.05) is 73.4 Å². The molecule has 1 saturated heterocycles. The maximum atomic E-state index is 13.3. The Bertz CT molecular complexity index is 2320. The van der Waals surface area contributed by atoms with Gasteiger partial charge in [0.25, 0.3) is 0 Å². The van der Waals surface area contributed by atoms with Gasteiger partial charge in [-0.15, -0.1) is 22.7 Å². The third kappa shape index (κ3) is 6.96. The first kappa shape index (κ1) is 35.8. The predicted octanol–water partition coefficient (Wildman–Crippen LogP) is 8.17. The van der Waals surface area contributed by atoms with Crippen LogP contribution in [0.5, 0.6) is 0 Å². The van der Waals surface area contributed by atoms with E-state index in [0.717, 1.165) is 59.4 Å². The lowest BCUT2D eigenvalue weighted by Crippen LogP contribution is -2.48. The van der Waals surface area contributed by atoms with Crippen LogP contribution in [0.1, 0.15) is 54.1 Å². The van der Waals surface area contributed by atoms with Gasteiger partial charge in [0.2, 0.25) is 0 Å². The summed E-state index contributed by atoms with van der Waals surface area (Å²) in [4.78, 5) is 41.0. The molecule has 0 atom stereocenters. The Hall–Kier alpha value is -4.03. The monoisotopic (exact) mass is 711 g/mol. The van der Waals surface area contributed by atoms with E-state index < -0.39 is 12.3 Å². The van der Waals surface area contributed by atoms with Crippen molar-refractivity contribution in [2.45, 2.75) is 39.5 Å². The van der Waals surface area contributed by atoms with Crippen molar-refractivity contribution >= 4 is 69.0 Å². The molecule has 2 aromatic heterocycles. The number of carbonyl (C=O) groups excluding carboxylic acids is 1. The lowest BCUT2D eigenvalue weighted by molar-refractivity contribution is -0.105. The number of hydrogen-bond acceptors (Lipinski definition) is 10. The van der Waals surface area contributed by atoms with E-state index in [4.69, 9.17) is 18.9 Å². The molecule has 0 saturated carbocycles. The Morgan fingerprint density at radius 3 is 2.22 bits per heavy atom. The Morgan fingerprint density at radius 2 is 1.50 bits per heavy atom. The highest BCUT2D eigenvalue weighted by Gasteiger charge is 2.32. The van der Waals surface area contributed by atoms with Crippen LogP contribution in [-0.4, -0.2) is 58.0 Å². The SMILES string of the molecule is CCOC(=O)c1cc(C(C)(C)N2CCOCC2)cc2sc3ccccc3c(=O)c12.COC(OC)c1ccc2c(=O)c3cc(C)ccc3sc2c1. The lowest BCUT2D eigenvalue weighted by Gasteiger charge is -2.41. The highest BCUT2D eigenvalue weighted by molar-refractivity contribution is 7.25. The first-order chi connectivity index (χ1) is 24.1. The first-order valence-electron chi connectivity index (χ1n) is 16.6. The van der Waals surface area contributed by atoms with E-state index in [9.17, 15) is 14.4 Å². The van der Waals surface area contributed by atoms with Gasteiger partial charge in [-0.3, -0.25) is 14.5 Å². The maximum Gasteiger partial charge on any atom is 0.338 e. The average molecular weight is 712 g/mol. The number of esters is 1. The zero-order chi connectivity index (χ0) is 35.6. The molecule has 0 aliphatic carbocycles. The van der Waals surface area contributed by atoms with Crippen molar-refractivity contribution in [1.29, 1.82) is 0 Å². The molecular formula is C40H41NO7S2. The highest BCUT2D eigenvalue weighted by atomic mass is 32.1. The van der Waals surface area contributed by atoms with Gasteiger partial charge in [0.05, 0.1) is 30.8 Å². The van der Waals surface area contributed by atoms with Crippen molar-refractivity contribution in [3.05, 3.63) is 115 Å². The molecule has 0 radical (unpaired) electrons. The number of morpholine rings is 1. The van der Waals surface area contributed by atoms with Gasteiger partial charge in [0.1, 0.15) is 0 Å². The minimum Gasteiger partial charge on any atom is -0.462 e. The molecule has 4 aromatic carbocycles. The predicted molar refractivity (Wildman–Crippen MR) is 204 cm³/mol. The van der Waals surface area contributed by atoms with E-state index >= 15 is 0 Å². The lowest BCUT2D eigenvalue weighted by atomic mass is 9.89. The summed E-state index contributed by atoms with van der Waals surface area (Å²) in [5, 5.41) is 2.62. The van der Waals surface area contributed by atoms with E-state index in [2.05, 4.69) is 24.8 Å². The van der Waals surface area contributed by atoms with Gasteiger partial charge in [-0.05, 0) is 81.8 Å². The van der Waals surface area contributed by atoms with Gasteiger partial charge >= 0.3 is 5.97 Å². The topological polar surface area (TPSA) is 91.4 Å². The molecule has 1 aliphatic rings. The fourth-order valence-corrected chi connectivity index (χ4v) is 8.70. The molecule has 8 nitrogen and oxygen atoms in total. The van der Waals surface area contributed by atoms with Crippen LogP contribution in [0.4, 0.5) is 0 Å². The number of nitrogens with zero attached hydrogens (tertiary/aromatic N) is 1. The van der Waals surface area contributed by atoms with Crippen LogP contribution in [0.25, 0.3) is 40.3 Å². The zero-order valence-corrected chi connectivity index (χ0v) is 30.8. The minimum absolute atomic E-state index is 0.0837. The molecular weight excluding hydrogens is 671 g/mol. The highest BCUT2D eigenvalue weighted by Crippen LogP contribution is 2.35. The van der Waals surface area contributed by atoms with Crippen LogP contribution in [-0.2, 0) is 24.5 Å². The fraction of sp³-hybridized carbons (Fsp3) is 0.325. The number of carbonyl (C=O) groups is 1. The molecule has 0 unspecified atom stereocenters. The molecule has 0 amide bonds. The second kappa shape index (κ2) is 15.1. The molecule has 0 bridgehead atoms. The fourth-order valence-electron chi connectivity index (χ4n) is 6.45. The normalized spacial score (nSPS) is 14.0. The van der Waals surface area contributed by atoms with Crippen LogP contribution >= 0.6 is 22.7 Å². The van der Waals surface area contributed by atoms with E-state index in [1.165, 1.54) is 0 Å². The Morgan fingerprint density at radius 1 is 0.820 bits per heavy atom. The van der Waals surface area contributed by atoms with Gasteiger partial charge in [-0.2, -0.15) is 0 Å². The molecule has 0 spiro atoms. The molecule has 7 rings (SSSR count). The number of aryl methyl sites for hydroxylation is 1. The second-order valence-corrected chi connectivity index (χ2v) is 14.9. The van der Waals surface area contributed by atoms with E-state index in [1.54, 1.807) is 43.8 Å². The average Bonchev–Trinajstić information content (AvgIpc) is 3.13. The standard InChI is InChI=1S/C23H25NO4S.C17H16O3S/c1-4-28-22(26)17-13-15(23(2,3)24-9-11-27-12-10-24)14-19-20(17)21(25)16-7-5-6-8-18(16)29-19;1-10-4-7-14-13(8-10)16(18)12-6-5-11(9-15(12)21-14)17(19-2)20-3/h5-8,13-14H,4,9-12H2,1-3H3;4-9,17H,1-3H3. The molecule has 1 aliphatic heterocycles. The Kier molecular flexibility index (Phi) is 10.8. The van der Waals surface area contributed by atoms with Gasteiger partial charge in [0.15, 0.2) is 17.1 Å². The maximum absolute atomic E-state index is 13.3. The molecule has 6 aromatic rings. The van der Waals surface area contributed by atoms with Crippen molar-refractivity contribution in [2.75, 3.05) is 47.1 Å². The van der Waals surface area contributed by atoms with Crippen molar-refractivity contribution in [3.63, 3.8) is 0 Å². The molecule has 1 fully saturated rings. The summed E-state index contributed by atoms with van der Waals surface area (Å²) in [6.07, 6.45) is -0.412. The third-order valence-electron chi connectivity index (χ3n) is 9.23. The summed E-state index contributed by atoms with van der Waals surface area (Å²) in [7, 11) is 3.20. The van der Waals surface area contributed by atoms with Crippen LogP contribution in [0.2, 0.25) is 0 Å². The van der Waals surface area contributed by atoms with E-state index in [-0.39, 0.29) is 23.0 Å². The van der Waals surface area contributed by atoms with Crippen molar-refractivity contribution in [2.24, 2.45) is 0 Å². The number of rotatable bonds is 7. The van der Waals surface area contributed by atoms with Gasteiger partial charge < -0.3 is 18.9 Å². The minimum atomic E-state index is -0.447. The molecule has 50 heavy (non-hydrogen) atoms. The quantitative estimate of drug-likeness (QED) is 0.0931. The first-order valence-corrected chi connectivity index (χ1v) is 18.2. The summed E-state index contributed by atoms with van der Waals surface area (Å²) in [6.45, 7) is 11.4. The van der Waals surface area contributed by atoms with Crippen LogP contribution in [0.15, 0.2) is 82.4 Å². The number of methoxy groups -OCH3 is 2. The van der Waals surface area contributed by atoms with Gasteiger partial charge in [-0.1, -0.05) is 29.8 Å².